The third kappa shape index (κ3) is 4.31. The Morgan fingerprint density at radius 2 is 2.09 bits per heavy atom. The van der Waals surface area contributed by atoms with E-state index in [0.29, 0.717) is 24.0 Å². The molecule has 23 heavy (non-hydrogen) atoms. The van der Waals surface area contributed by atoms with Gasteiger partial charge in [-0.1, -0.05) is 0 Å². The average molecular weight is 450 g/mol. The van der Waals surface area contributed by atoms with Crippen LogP contribution in [0.5, 0.6) is 0 Å². The van der Waals surface area contributed by atoms with Gasteiger partial charge in [0.1, 0.15) is 0 Å². The summed E-state index contributed by atoms with van der Waals surface area (Å²) >= 11 is 1.95. The first-order valence-electron chi connectivity index (χ1n) is 7.62. The number of nitrogens with zero attached hydrogens (tertiary/aromatic N) is 4. The molecule has 2 aliphatic rings. The number of aryl methyl sites for hydroxylation is 1. The zero-order chi connectivity index (χ0) is 15.5. The number of nitrogens with two attached hydrogens (primary N) is 2. The zero-order valence-corrected chi connectivity index (χ0v) is 16.1. The maximum Gasteiger partial charge on any atom is 0.252 e. The van der Waals surface area contributed by atoms with Gasteiger partial charge in [0, 0.05) is 37.7 Å². The van der Waals surface area contributed by atoms with Gasteiger partial charge in [-0.05, 0) is 18.8 Å². The van der Waals surface area contributed by atoms with Crippen molar-refractivity contribution in [1.82, 2.24) is 14.7 Å². The molecule has 0 saturated carbocycles. The number of guanidine groups is 1. The lowest BCUT2D eigenvalue weighted by molar-refractivity contribution is 0.0998. The van der Waals surface area contributed by atoms with Crippen LogP contribution in [-0.4, -0.2) is 57.7 Å². The molecule has 7 nitrogen and oxygen atoms in total. The molecule has 0 aliphatic carbocycles. The van der Waals surface area contributed by atoms with Crippen molar-refractivity contribution in [1.29, 1.82) is 0 Å². The number of carbonyl (C=O) groups excluding carboxylic acids is 1. The quantitative estimate of drug-likeness (QED) is 0.397. The highest BCUT2D eigenvalue weighted by molar-refractivity contribution is 14.0. The summed E-state index contributed by atoms with van der Waals surface area (Å²) in [4.78, 5) is 18.1. The monoisotopic (exact) mass is 450 g/mol. The average Bonchev–Trinajstić information content (AvgIpc) is 2.96. The first kappa shape index (κ1) is 18.4. The molecule has 0 aromatic carbocycles. The van der Waals surface area contributed by atoms with Crippen LogP contribution in [0, 0.1) is 5.92 Å². The summed E-state index contributed by atoms with van der Waals surface area (Å²) in [5.74, 6) is 2.85. The standard InChI is InChI=1S/C14H22N6OS.HI/c15-13(21)11-9-18-20-2-1-10(7-12(11)20)8-17-14(16)19-3-5-22-6-4-19;/h9-10H,1-8H2,(H2,15,21)(H2,16,17);1H. The summed E-state index contributed by atoms with van der Waals surface area (Å²) < 4.78 is 1.88. The van der Waals surface area contributed by atoms with Gasteiger partial charge in [-0.3, -0.25) is 14.5 Å². The van der Waals surface area contributed by atoms with Crippen LogP contribution < -0.4 is 11.5 Å². The van der Waals surface area contributed by atoms with Gasteiger partial charge in [0.2, 0.25) is 0 Å². The summed E-state index contributed by atoms with van der Waals surface area (Å²) in [5, 5.41) is 4.23. The number of aliphatic imine (C=N–C) groups is 1. The van der Waals surface area contributed by atoms with Crippen LogP contribution in [-0.2, 0) is 13.0 Å². The van der Waals surface area contributed by atoms with E-state index in [1.54, 1.807) is 6.20 Å². The molecule has 4 N–H and O–H groups in total. The highest BCUT2D eigenvalue weighted by Crippen LogP contribution is 2.23. The molecular formula is C14H23IN6OS. The van der Waals surface area contributed by atoms with Crippen molar-refractivity contribution >= 4 is 47.6 Å². The normalized spacial score (nSPS) is 21.5. The first-order chi connectivity index (χ1) is 10.6. The minimum Gasteiger partial charge on any atom is -0.370 e. The largest absolute Gasteiger partial charge is 0.370 e. The van der Waals surface area contributed by atoms with E-state index >= 15 is 0 Å². The number of carbonyl (C=O) groups is 1. The number of rotatable bonds is 3. The SMILES string of the molecule is I.NC(=O)c1cnn2c1CC(CN=C(N)N1CCSCC1)CC2. The molecule has 0 bridgehead atoms. The summed E-state index contributed by atoms with van der Waals surface area (Å²) in [6.45, 7) is 3.45. The summed E-state index contributed by atoms with van der Waals surface area (Å²) in [6.07, 6.45) is 3.35. The van der Waals surface area contributed by atoms with Crippen molar-refractivity contribution in [2.45, 2.75) is 19.4 Å². The molecule has 3 rings (SSSR count). The third-order valence-electron chi connectivity index (χ3n) is 4.29. The number of amides is 1. The molecule has 9 heteroatoms. The van der Waals surface area contributed by atoms with Crippen LogP contribution in [0.3, 0.4) is 0 Å². The molecule has 128 valence electrons. The Morgan fingerprint density at radius 1 is 1.35 bits per heavy atom. The predicted octanol–water partition coefficient (Wildman–Crippen LogP) is 0.526. The van der Waals surface area contributed by atoms with E-state index in [-0.39, 0.29) is 24.0 Å². The van der Waals surface area contributed by atoms with Gasteiger partial charge in [-0.2, -0.15) is 16.9 Å². The Morgan fingerprint density at radius 3 is 2.78 bits per heavy atom. The molecule has 0 spiro atoms. The Balaban J connectivity index is 0.00000192. The van der Waals surface area contributed by atoms with Crippen LogP contribution in [0.4, 0.5) is 0 Å². The van der Waals surface area contributed by atoms with E-state index in [1.807, 2.05) is 16.4 Å². The maximum absolute atomic E-state index is 11.4. The zero-order valence-electron chi connectivity index (χ0n) is 13.0. The molecule has 1 unspecified atom stereocenters. The van der Waals surface area contributed by atoms with Gasteiger partial charge in [-0.15, -0.1) is 24.0 Å². The lowest BCUT2D eigenvalue weighted by atomic mass is 9.94. The van der Waals surface area contributed by atoms with Gasteiger partial charge in [0.05, 0.1) is 17.5 Å². The summed E-state index contributed by atoms with van der Waals surface area (Å²) in [6, 6.07) is 0. The van der Waals surface area contributed by atoms with Crippen molar-refractivity contribution in [3.63, 3.8) is 0 Å². The minimum atomic E-state index is -0.407. The number of hydrogen-bond acceptors (Lipinski definition) is 4. The van der Waals surface area contributed by atoms with E-state index in [2.05, 4.69) is 15.0 Å². The second-order valence-corrected chi connectivity index (χ2v) is 6.97. The lowest BCUT2D eigenvalue weighted by Gasteiger charge is -2.28. The molecule has 1 atom stereocenters. The van der Waals surface area contributed by atoms with E-state index < -0.39 is 5.91 Å². The van der Waals surface area contributed by atoms with Crippen molar-refractivity contribution in [3.8, 4) is 0 Å². The van der Waals surface area contributed by atoms with E-state index in [4.69, 9.17) is 11.5 Å². The smallest absolute Gasteiger partial charge is 0.252 e. The van der Waals surface area contributed by atoms with Crippen LogP contribution in [0.25, 0.3) is 0 Å². The second kappa shape index (κ2) is 8.22. The van der Waals surface area contributed by atoms with Crippen LogP contribution in [0.15, 0.2) is 11.2 Å². The summed E-state index contributed by atoms with van der Waals surface area (Å²) in [5.41, 5.74) is 13.0. The third-order valence-corrected chi connectivity index (χ3v) is 5.23. The van der Waals surface area contributed by atoms with Gasteiger partial charge in [0.25, 0.3) is 5.91 Å². The number of primary amides is 1. The molecule has 1 fully saturated rings. The molecule has 1 amide bonds. The maximum atomic E-state index is 11.4. The van der Waals surface area contributed by atoms with Crippen molar-refractivity contribution in [3.05, 3.63) is 17.5 Å². The van der Waals surface area contributed by atoms with Crippen LogP contribution >= 0.6 is 35.7 Å². The topological polar surface area (TPSA) is 103 Å². The van der Waals surface area contributed by atoms with Crippen LogP contribution in [0.2, 0.25) is 0 Å². The van der Waals surface area contributed by atoms with Crippen molar-refractivity contribution in [2.75, 3.05) is 31.1 Å². The molecule has 1 aromatic heterocycles. The molecule has 1 aromatic rings. The number of aromatic nitrogens is 2. The Hall–Kier alpha value is -0.970. The molecular weight excluding hydrogens is 427 g/mol. The van der Waals surface area contributed by atoms with Gasteiger partial charge in [0.15, 0.2) is 5.96 Å². The fourth-order valence-electron chi connectivity index (χ4n) is 2.98. The first-order valence-corrected chi connectivity index (χ1v) is 8.77. The lowest BCUT2D eigenvalue weighted by Crippen LogP contribution is -2.43. The molecule has 0 radical (unpaired) electrons. The van der Waals surface area contributed by atoms with E-state index in [9.17, 15) is 4.79 Å². The number of fused-ring (bicyclic) bond motifs is 1. The Bertz CT molecular complexity index is 584. The Labute approximate surface area is 157 Å². The van der Waals surface area contributed by atoms with E-state index in [1.165, 1.54) is 0 Å². The van der Waals surface area contributed by atoms with Crippen LogP contribution in [0.1, 0.15) is 22.5 Å². The minimum absolute atomic E-state index is 0. The number of halogens is 1. The highest BCUT2D eigenvalue weighted by atomic mass is 127. The molecule has 3 heterocycles. The van der Waals surface area contributed by atoms with Gasteiger partial charge < -0.3 is 16.4 Å². The number of hydrogen-bond donors (Lipinski definition) is 2. The van der Waals surface area contributed by atoms with E-state index in [0.717, 1.165) is 49.7 Å². The number of thioether (sulfide) groups is 1. The van der Waals surface area contributed by atoms with Crippen molar-refractivity contribution in [2.24, 2.45) is 22.4 Å². The Kier molecular flexibility index (Phi) is 6.57. The van der Waals surface area contributed by atoms with Gasteiger partial charge >= 0.3 is 0 Å². The second-order valence-electron chi connectivity index (χ2n) is 5.75. The fraction of sp³-hybridized carbons (Fsp3) is 0.643. The fourth-order valence-corrected chi connectivity index (χ4v) is 3.88. The van der Waals surface area contributed by atoms with Crippen molar-refractivity contribution < 1.29 is 4.79 Å². The summed E-state index contributed by atoms with van der Waals surface area (Å²) in [7, 11) is 0. The molecule has 1 saturated heterocycles. The highest BCUT2D eigenvalue weighted by Gasteiger charge is 2.24. The van der Waals surface area contributed by atoms with Gasteiger partial charge in [-0.25, -0.2) is 0 Å². The predicted molar refractivity (Wildman–Crippen MR) is 103 cm³/mol. The molecule has 2 aliphatic heterocycles.